The average Bonchev–Trinajstić information content (AvgIpc) is 2.74. The van der Waals surface area contributed by atoms with Crippen LogP contribution in [0.5, 0.6) is 0 Å². The Morgan fingerprint density at radius 2 is 2.20 bits per heavy atom. The van der Waals surface area contributed by atoms with Gasteiger partial charge in [0.2, 0.25) is 0 Å². The number of rotatable bonds is 2. The lowest BCUT2D eigenvalue weighted by atomic mass is 10.0. The fourth-order valence-electron chi connectivity index (χ4n) is 1.78. The molecule has 0 radical (unpaired) electrons. The number of carbonyl (C=O) groups excluding carboxylic acids is 1. The Hall–Kier alpha value is -1.29. The molecule has 0 bridgehead atoms. The SMILES string of the molecule is O=C(c1cc(F)ccc1F)C1CCCN1. The number of nitrogens with one attached hydrogen (secondary N) is 1. The number of ketones is 1. The van der Waals surface area contributed by atoms with E-state index in [-0.39, 0.29) is 17.4 Å². The van der Waals surface area contributed by atoms with Crippen molar-refractivity contribution in [2.45, 2.75) is 18.9 Å². The Labute approximate surface area is 86.3 Å². The van der Waals surface area contributed by atoms with E-state index in [9.17, 15) is 13.6 Å². The quantitative estimate of drug-likeness (QED) is 0.757. The Morgan fingerprint density at radius 3 is 2.87 bits per heavy atom. The smallest absolute Gasteiger partial charge is 0.182 e. The second kappa shape index (κ2) is 4.06. The normalized spacial score (nSPS) is 20.5. The summed E-state index contributed by atoms with van der Waals surface area (Å²) < 4.78 is 26.1. The molecule has 1 aliphatic heterocycles. The van der Waals surface area contributed by atoms with Gasteiger partial charge in [-0.05, 0) is 37.6 Å². The molecule has 4 heteroatoms. The highest BCUT2D eigenvalue weighted by atomic mass is 19.1. The van der Waals surface area contributed by atoms with Crippen LogP contribution in [0, 0.1) is 11.6 Å². The van der Waals surface area contributed by atoms with E-state index in [2.05, 4.69) is 5.32 Å². The monoisotopic (exact) mass is 211 g/mol. The molecule has 1 atom stereocenters. The number of hydrogen-bond acceptors (Lipinski definition) is 2. The zero-order valence-electron chi connectivity index (χ0n) is 8.09. The van der Waals surface area contributed by atoms with Gasteiger partial charge in [0.1, 0.15) is 11.6 Å². The lowest BCUT2D eigenvalue weighted by Gasteiger charge is -2.09. The molecule has 0 aromatic heterocycles. The maximum Gasteiger partial charge on any atom is 0.182 e. The third-order valence-electron chi connectivity index (χ3n) is 2.57. The molecule has 1 aromatic rings. The molecule has 1 N–H and O–H groups in total. The van der Waals surface area contributed by atoms with Crippen LogP contribution < -0.4 is 5.32 Å². The van der Waals surface area contributed by atoms with E-state index in [4.69, 9.17) is 0 Å². The van der Waals surface area contributed by atoms with Gasteiger partial charge in [-0.3, -0.25) is 4.79 Å². The van der Waals surface area contributed by atoms with Crippen LogP contribution in [-0.2, 0) is 0 Å². The van der Waals surface area contributed by atoms with Gasteiger partial charge in [0.15, 0.2) is 5.78 Å². The van der Waals surface area contributed by atoms with Crippen molar-refractivity contribution >= 4 is 5.78 Å². The molecule has 1 aliphatic rings. The van der Waals surface area contributed by atoms with Crippen LogP contribution in [0.4, 0.5) is 8.78 Å². The molecule has 1 aromatic carbocycles. The summed E-state index contributed by atoms with van der Waals surface area (Å²) in [4.78, 5) is 11.8. The summed E-state index contributed by atoms with van der Waals surface area (Å²) in [5.41, 5.74) is -0.158. The highest BCUT2D eigenvalue weighted by Crippen LogP contribution is 2.16. The molecule has 2 nitrogen and oxygen atoms in total. The zero-order valence-corrected chi connectivity index (χ0v) is 8.09. The first-order chi connectivity index (χ1) is 7.18. The van der Waals surface area contributed by atoms with Crippen molar-refractivity contribution in [2.24, 2.45) is 0 Å². The van der Waals surface area contributed by atoms with E-state index in [0.29, 0.717) is 6.42 Å². The fourth-order valence-corrected chi connectivity index (χ4v) is 1.78. The zero-order chi connectivity index (χ0) is 10.8. The molecule has 2 rings (SSSR count). The van der Waals surface area contributed by atoms with E-state index < -0.39 is 11.6 Å². The third kappa shape index (κ3) is 2.04. The van der Waals surface area contributed by atoms with E-state index in [1.54, 1.807) is 0 Å². The Kier molecular flexibility index (Phi) is 2.77. The summed E-state index contributed by atoms with van der Waals surface area (Å²) in [6.07, 6.45) is 1.59. The van der Waals surface area contributed by atoms with Crippen molar-refractivity contribution in [2.75, 3.05) is 6.54 Å². The van der Waals surface area contributed by atoms with Gasteiger partial charge < -0.3 is 5.32 Å². The topological polar surface area (TPSA) is 29.1 Å². The second-order valence-corrected chi connectivity index (χ2v) is 3.64. The second-order valence-electron chi connectivity index (χ2n) is 3.64. The lowest BCUT2D eigenvalue weighted by Crippen LogP contribution is -2.31. The summed E-state index contributed by atoms with van der Waals surface area (Å²) in [5, 5.41) is 2.96. The molecule has 0 aliphatic carbocycles. The van der Waals surface area contributed by atoms with Crippen LogP contribution in [-0.4, -0.2) is 18.4 Å². The molecule has 80 valence electrons. The minimum Gasteiger partial charge on any atom is -0.307 e. The van der Waals surface area contributed by atoms with Crippen LogP contribution in [0.2, 0.25) is 0 Å². The molecule has 15 heavy (non-hydrogen) atoms. The molecule has 0 saturated carbocycles. The van der Waals surface area contributed by atoms with Crippen molar-refractivity contribution in [3.8, 4) is 0 Å². The predicted octanol–water partition coefficient (Wildman–Crippen LogP) is 1.90. The minimum absolute atomic E-state index is 0.158. The molecule has 1 fully saturated rings. The molecule has 1 unspecified atom stereocenters. The van der Waals surface area contributed by atoms with E-state index in [1.807, 2.05) is 0 Å². The molecule has 0 amide bonds. The molecule has 1 saturated heterocycles. The van der Waals surface area contributed by atoms with Crippen LogP contribution in [0.1, 0.15) is 23.2 Å². The van der Waals surface area contributed by atoms with Crippen LogP contribution in [0.3, 0.4) is 0 Å². The summed E-state index contributed by atoms with van der Waals surface area (Å²) in [6, 6.07) is 2.59. The minimum atomic E-state index is -0.657. The van der Waals surface area contributed by atoms with Crippen molar-refractivity contribution in [3.05, 3.63) is 35.4 Å². The van der Waals surface area contributed by atoms with Gasteiger partial charge >= 0.3 is 0 Å². The Balaban J connectivity index is 2.27. The Bertz CT molecular complexity index is 386. The van der Waals surface area contributed by atoms with E-state index >= 15 is 0 Å². The van der Waals surface area contributed by atoms with Crippen LogP contribution in [0.25, 0.3) is 0 Å². The van der Waals surface area contributed by atoms with E-state index in [0.717, 1.165) is 31.2 Å². The molecular weight excluding hydrogens is 200 g/mol. The van der Waals surface area contributed by atoms with Gasteiger partial charge in [0.25, 0.3) is 0 Å². The molecule has 0 spiro atoms. The summed E-state index contributed by atoms with van der Waals surface area (Å²) in [5.74, 6) is -1.60. The standard InChI is InChI=1S/C11H11F2NO/c12-7-3-4-9(13)8(6-7)11(15)10-2-1-5-14-10/h3-4,6,10,14H,1-2,5H2. The summed E-state index contributed by atoms with van der Waals surface area (Å²) >= 11 is 0. The average molecular weight is 211 g/mol. The summed E-state index contributed by atoms with van der Waals surface area (Å²) in [7, 11) is 0. The first-order valence-corrected chi connectivity index (χ1v) is 4.91. The first-order valence-electron chi connectivity index (χ1n) is 4.91. The maximum atomic E-state index is 13.3. The van der Waals surface area contributed by atoms with Gasteiger partial charge in [-0.2, -0.15) is 0 Å². The van der Waals surface area contributed by atoms with Gasteiger partial charge in [0, 0.05) is 0 Å². The van der Waals surface area contributed by atoms with Crippen molar-refractivity contribution in [3.63, 3.8) is 0 Å². The lowest BCUT2D eigenvalue weighted by molar-refractivity contribution is 0.0948. The number of Topliss-reactive ketones (excluding diaryl/α,β-unsaturated/α-hetero) is 1. The Morgan fingerprint density at radius 1 is 1.40 bits per heavy atom. The molecule has 1 heterocycles. The number of benzene rings is 1. The highest BCUT2D eigenvalue weighted by molar-refractivity contribution is 6.00. The van der Waals surface area contributed by atoms with Crippen molar-refractivity contribution in [1.29, 1.82) is 0 Å². The number of halogens is 2. The largest absolute Gasteiger partial charge is 0.307 e. The summed E-state index contributed by atoms with van der Waals surface area (Å²) in [6.45, 7) is 0.757. The first kappa shape index (κ1) is 10.2. The van der Waals surface area contributed by atoms with E-state index in [1.165, 1.54) is 0 Å². The number of hydrogen-bond donors (Lipinski definition) is 1. The number of carbonyl (C=O) groups is 1. The van der Waals surface area contributed by atoms with Crippen LogP contribution in [0.15, 0.2) is 18.2 Å². The van der Waals surface area contributed by atoms with Gasteiger partial charge in [0.05, 0.1) is 11.6 Å². The van der Waals surface area contributed by atoms with Crippen molar-refractivity contribution in [1.82, 2.24) is 5.32 Å². The van der Waals surface area contributed by atoms with Crippen molar-refractivity contribution < 1.29 is 13.6 Å². The highest BCUT2D eigenvalue weighted by Gasteiger charge is 2.25. The molecular formula is C11H11F2NO. The fraction of sp³-hybridized carbons (Fsp3) is 0.364. The van der Waals surface area contributed by atoms with Gasteiger partial charge in [-0.25, -0.2) is 8.78 Å². The van der Waals surface area contributed by atoms with Gasteiger partial charge in [-0.15, -0.1) is 0 Å². The van der Waals surface area contributed by atoms with Gasteiger partial charge in [-0.1, -0.05) is 0 Å². The van der Waals surface area contributed by atoms with Crippen LogP contribution >= 0.6 is 0 Å². The third-order valence-corrected chi connectivity index (χ3v) is 2.57. The maximum absolute atomic E-state index is 13.3. The predicted molar refractivity (Wildman–Crippen MR) is 51.7 cm³/mol.